The number of hydrogen-bond acceptors (Lipinski definition) is 4. The molecular formula is C16H27NO3. The number of rotatable bonds is 1. The zero-order valence-electron chi connectivity index (χ0n) is 12.2. The predicted octanol–water partition coefficient (Wildman–Crippen LogP) is 0.950. The van der Waals surface area contributed by atoms with E-state index in [1.165, 1.54) is 0 Å². The minimum absolute atomic E-state index is 0.104. The van der Waals surface area contributed by atoms with Crippen molar-refractivity contribution in [2.75, 3.05) is 19.7 Å². The molecule has 2 aliphatic carbocycles. The van der Waals surface area contributed by atoms with Gasteiger partial charge in [-0.3, -0.25) is 4.90 Å². The summed E-state index contributed by atoms with van der Waals surface area (Å²) in [5.74, 6) is 0.851. The summed E-state index contributed by atoms with van der Waals surface area (Å²) >= 11 is 0. The molecule has 4 aliphatic rings. The van der Waals surface area contributed by atoms with Gasteiger partial charge in [0.1, 0.15) is 5.72 Å². The molecule has 4 rings (SSSR count). The SMILES string of the molecule is OC[C@@H]1C[C@H]2C[C@H](O)[C@H]3CCCN4CCC[C@]23C4(O)C1. The lowest BCUT2D eigenvalue weighted by Crippen LogP contribution is -2.68. The normalized spacial score (nSPS) is 58.0. The summed E-state index contributed by atoms with van der Waals surface area (Å²) in [7, 11) is 0. The zero-order chi connectivity index (χ0) is 14.0. The number of aliphatic hydroxyl groups is 3. The first-order chi connectivity index (χ1) is 9.62. The van der Waals surface area contributed by atoms with E-state index in [-0.39, 0.29) is 30.0 Å². The van der Waals surface area contributed by atoms with Crippen molar-refractivity contribution < 1.29 is 15.3 Å². The van der Waals surface area contributed by atoms with Crippen molar-refractivity contribution in [1.82, 2.24) is 4.90 Å². The molecule has 7 atom stereocenters. The summed E-state index contributed by atoms with van der Waals surface area (Å²) in [4.78, 5) is 2.30. The Morgan fingerprint density at radius 1 is 1.15 bits per heavy atom. The molecule has 2 saturated heterocycles. The fourth-order valence-electron chi connectivity index (χ4n) is 6.47. The molecule has 4 fully saturated rings. The first kappa shape index (κ1) is 13.5. The van der Waals surface area contributed by atoms with Crippen LogP contribution < -0.4 is 0 Å². The van der Waals surface area contributed by atoms with Crippen LogP contribution >= 0.6 is 0 Å². The molecule has 0 radical (unpaired) electrons. The van der Waals surface area contributed by atoms with Crippen LogP contribution in [-0.4, -0.2) is 51.7 Å². The van der Waals surface area contributed by atoms with Crippen molar-refractivity contribution in [2.45, 2.75) is 56.8 Å². The van der Waals surface area contributed by atoms with Crippen LogP contribution in [0.15, 0.2) is 0 Å². The van der Waals surface area contributed by atoms with Gasteiger partial charge in [0.05, 0.1) is 6.10 Å². The summed E-state index contributed by atoms with van der Waals surface area (Å²) in [6.07, 6.45) is 6.61. The molecule has 4 nitrogen and oxygen atoms in total. The molecule has 0 aromatic rings. The molecule has 1 spiro atoms. The second-order valence-corrected chi connectivity index (χ2v) is 7.68. The van der Waals surface area contributed by atoms with Gasteiger partial charge in [-0.05, 0) is 62.7 Å². The lowest BCUT2D eigenvalue weighted by molar-refractivity contribution is -0.270. The van der Waals surface area contributed by atoms with Gasteiger partial charge in [-0.25, -0.2) is 0 Å². The molecule has 0 amide bonds. The second-order valence-electron chi connectivity index (χ2n) is 7.68. The van der Waals surface area contributed by atoms with Crippen LogP contribution in [-0.2, 0) is 0 Å². The molecule has 114 valence electrons. The van der Waals surface area contributed by atoms with E-state index in [0.717, 1.165) is 51.6 Å². The lowest BCUT2D eigenvalue weighted by Gasteiger charge is -2.62. The third kappa shape index (κ3) is 1.46. The number of piperidine rings is 1. The largest absolute Gasteiger partial charge is 0.396 e. The molecule has 2 aliphatic heterocycles. The van der Waals surface area contributed by atoms with E-state index >= 15 is 0 Å². The van der Waals surface area contributed by atoms with E-state index in [0.29, 0.717) is 12.3 Å². The Hall–Kier alpha value is -0.160. The van der Waals surface area contributed by atoms with Gasteiger partial charge in [0.2, 0.25) is 0 Å². The molecule has 2 unspecified atom stereocenters. The third-order valence-electron chi connectivity index (χ3n) is 7.06. The van der Waals surface area contributed by atoms with Crippen molar-refractivity contribution in [1.29, 1.82) is 0 Å². The van der Waals surface area contributed by atoms with Gasteiger partial charge in [-0.1, -0.05) is 0 Å². The van der Waals surface area contributed by atoms with Crippen molar-refractivity contribution in [3.63, 3.8) is 0 Å². The molecule has 2 heterocycles. The van der Waals surface area contributed by atoms with Crippen molar-refractivity contribution >= 4 is 0 Å². The van der Waals surface area contributed by atoms with Crippen LogP contribution in [0.2, 0.25) is 0 Å². The summed E-state index contributed by atoms with van der Waals surface area (Å²) < 4.78 is 0. The van der Waals surface area contributed by atoms with E-state index in [2.05, 4.69) is 4.90 Å². The van der Waals surface area contributed by atoms with Crippen LogP contribution in [0.1, 0.15) is 44.9 Å². The molecule has 2 bridgehead atoms. The number of aliphatic hydroxyl groups excluding tert-OH is 2. The maximum atomic E-state index is 11.6. The highest BCUT2D eigenvalue weighted by atomic mass is 16.3. The quantitative estimate of drug-likeness (QED) is 0.669. The van der Waals surface area contributed by atoms with Gasteiger partial charge in [0.15, 0.2) is 0 Å². The predicted molar refractivity (Wildman–Crippen MR) is 74.8 cm³/mol. The van der Waals surface area contributed by atoms with Crippen molar-refractivity contribution in [3.8, 4) is 0 Å². The minimum atomic E-state index is -0.778. The van der Waals surface area contributed by atoms with Crippen LogP contribution in [0, 0.1) is 23.2 Å². The minimum Gasteiger partial charge on any atom is -0.396 e. The summed E-state index contributed by atoms with van der Waals surface area (Å²) in [6.45, 7) is 2.10. The molecule has 0 aromatic heterocycles. The third-order valence-corrected chi connectivity index (χ3v) is 7.06. The fourth-order valence-corrected chi connectivity index (χ4v) is 6.47. The molecule has 2 saturated carbocycles. The van der Waals surface area contributed by atoms with Crippen LogP contribution in [0.3, 0.4) is 0 Å². The second kappa shape index (κ2) is 4.42. The summed E-state index contributed by atoms with van der Waals surface area (Å²) in [5.41, 5.74) is -0.882. The number of nitrogens with zero attached hydrogens (tertiary/aromatic N) is 1. The highest BCUT2D eigenvalue weighted by molar-refractivity contribution is 5.17. The Balaban J connectivity index is 1.84. The van der Waals surface area contributed by atoms with Gasteiger partial charge < -0.3 is 15.3 Å². The Morgan fingerprint density at radius 3 is 2.75 bits per heavy atom. The Labute approximate surface area is 120 Å². The molecular weight excluding hydrogens is 254 g/mol. The van der Waals surface area contributed by atoms with Crippen molar-refractivity contribution in [3.05, 3.63) is 0 Å². The van der Waals surface area contributed by atoms with Gasteiger partial charge >= 0.3 is 0 Å². The Kier molecular flexibility index (Phi) is 2.98. The van der Waals surface area contributed by atoms with E-state index in [1.807, 2.05) is 0 Å². The Bertz CT molecular complexity index is 403. The smallest absolute Gasteiger partial charge is 0.125 e. The van der Waals surface area contributed by atoms with E-state index in [4.69, 9.17) is 0 Å². The van der Waals surface area contributed by atoms with Gasteiger partial charge in [0, 0.05) is 25.1 Å². The van der Waals surface area contributed by atoms with E-state index in [1.54, 1.807) is 0 Å². The summed E-state index contributed by atoms with van der Waals surface area (Å²) in [6, 6.07) is 0. The highest BCUT2D eigenvalue weighted by Crippen LogP contribution is 2.67. The van der Waals surface area contributed by atoms with E-state index < -0.39 is 5.72 Å². The van der Waals surface area contributed by atoms with Gasteiger partial charge in [0.25, 0.3) is 0 Å². The molecule has 3 N–H and O–H groups in total. The lowest BCUT2D eigenvalue weighted by atomic mass is 9.53. The first-order valence-electron chi connectivity index (χ1n) is 8.38. The Morgan fingerprint density at radius 2 is 1.95 bits per heavy atom. The maximum Gasteiger partial charge on any atom is 0.125 e. The topological polar surface area (TPSA) is 63.9 Å². The average Bonchev–Trinajstić information content (AvgIpc) is 2.68. The standard InChI is InChI=1S/C16H27NO3/c18-10-11-7-12-8-14(19)13-3-1-5-17-6-2-4-15(12,13)16(17,20)9-11/h11-14,18-20H,1-10H2/t11-,12+,13-,14+,15+,16?/m1/s1. The van der Waals surface area contributed by atoms with E-state index in [9.17, 15) is 15.3 Å². The average molecular weight is 281 g/mol. The fraction of sp³-hybridized carbons (Fsp3) is 1.00. The molecule has 4 heteroatoms. The summed E-state index contributed by atoms with van der Waals surface area (Å²) in [5, 5.41) is 31.9. The van der Waals surface area contributed by atoms with Crippen LogP contribution in [0.5, 0.6) is 0 Å². The monoisotopic (exact) mass is 281 g/mol. The molecule has 20 heavy (non-hydrogen) atoms. The maximum absolute atomic E-state index is 11.6. The van der Waals surface area contributed by atoms with Gasteiger partial charge in [-0.2, -0.15) is 0 Å². The van der Waals surface area contributed by atoms with Crippen LogP contribution in [0.25, 0.3) is 0 Å². The first-order valence-corrected chi connectivity index (χ1v) is 8.38. The number of hydrogen-bond donors (Lipinski definition) is 3. The van der Waals surface area contributed by atoms with Gasteiger partial charge in [-0.15, -0.1) is 0 Å². The van der Waals surface area contributed by atoms with Crippen molar-refractivity contribution in [2.24, 2.45) is 23.2 Å². The van der Waals surface area contributed by atoms with Crippen LogP contribution in [0.4, 0.5) is 0 Å². The molecule has 0 aromatic carbocycles. The highest BCUT2D eigenvalue weighted by Gasteiger charge is 2.70. The zero-order valence-corrected chi connectivity index (χ0v) is 12.2.